The Balaban J connectivity index is 1.69. The minimum absolute atomic E-state index is 0.0715. The second-order valence-corrected chi connectivity index (χ2v) is 8.89. The normalized spacial score (nSPS) is 18.6. The van der Waals surface area contributed by atoms with Crippen molar-refractivity contribution in [2.24, 2.45) is 0 Å². The Morgan fingerprint density at radius 2 is 2.00 bits per heavy atom. The van der Waals surface area contributed by atoms with Crippen LogP contribution in [-0.4, -0.2) is 47.1 Å². The van der Waals surface area contributed by atoms with E-state index in [9.17, 15) is 0 Å². The standard InChI is InChI=1S/C24H27ClN4OS/c1-16-17(8-6-9-18(16)25)20-11-12-21(30-20)23-22(19-10-4-5-13-26-19)27-24(31)29(23)15-7-14-28(2)3/h4-6,8-13,22-23H,7,14-15H2,1-3H3,(H,27,31)/t22-,23-/m1/s1. The van der Waals surface area contributed by atoms with E-state index in [0.717, 1.165) is 58.0 Å². The third kappa shape index (κ3) is 4.61. The SMILES string of the molecule is Cc1c(Cl)cccc1-c1ccc([C@@H]2[C@@H](c3ccccn3)NC(=S)N2CCCN(C)C)o1. The lowest BCUT2D eigenvalue weighted by molar-refractivity contribution is 0.261. The fraction of sp³-hybridized carbons (Fsp3) is 0.333. The Morgan fingerprint density at radius 1 is 1.16 bits per heavy atom. The van der Waals surface area contributed by atoms with Crippen LogP contribution in [0.1, 0.15) is 35.5 Å². The van der Waals surface area contributed by atoms with E-state index in [-0.39, 0.29) is 12.1 Å². The zero-order valence-corrected chi connectivity index (χ0v) is 19.6. The van der Waals surface area contributed by atoms with E-state index in [0.29, 0.717) is 0 Å². The summed E-state index contributed by atoms with van der Waals surface area (Å²) in [6, 6.07) is 15.7. The fourth-order valence-corrected chi connectivity index (χ4v) is 4.55. The molecule has 0 amide bonds. The van der Waals surface area contributed by atoms with Crippen molar-refractivity contribution in [3.63, 3.8) is 0 Å². The number of benzene rings is 1. The van der Waals surface area contributed by atoms with E-state index in [1.165, 1.54) is 0 Å². The number of nitrogens with zero attached hydrogens (tertiary/aromatic N) is 3. The molecule has 1 N–H and O–H groups in total. The van der Waals surface area contributed by atoms with Gasteiger partial charge in [-0.05, 0) is 82.1 Å². The van der Waals surface area contributed by atoms with E-state index in [1.54, 1.807) is 0 Å². The van der Waals surface area contributed by atoms with Crippen molar-refractivity contribution < 1.29 is 4.42 Å². The van der Waals surface area contributed by atoms with Gasteiger partial charge >= 0.3 is 0 Å². The second-order valence-electron chi connectivity index (χ2n) is 8.09. The molecule has 2 aromatic heterocycles. The van der Waals surface area contributed by atoms with Crippen LogP contribution in [-0.2, 0) is 0 Å². The topological polar surface area (TPSA) is 44.5 Å². The summed E-state index contributed by atoms with van der Waals surface area (Å²) in [5, 5.41) is 4.94. The van der Waals surface area contributed by atoms with Gasteiger partial charge in [0, 0.05) is 23.3 Å². The summed E-state index contributed by atoms with van der Waals surface area (Å²) in [7, 11) is 4.17. The monoisotopic (exact) mass is 454 g/mol. The molecule has 31 heavy (non-hydrogen) atoms. The van der Waals surface area contributed by atoms with Crippen molar-refractivity contribution >= 4 is 28.9 Å². The average Bonchev–Trinajstić information content (AvgIpc) is 3.35. The first-order valence-corrected chi connectivity index (χ1v) is 11.2. The smallest absolute Gasteiger partial charge is 0.170 e. The maximum atomic E-state index is 6.41. The summed E-state index contributed by atoms with van der Waals surface area (Å²) in [6.45, 7) is 3.84. The summed E-state index contributed by atoms with van der Waals surface area (Å²) in [5.74, 6) is 1.67. The van der Waals surface area contributed by atoms with Gasteiger partial charge in [0.1, 0.15) is 17.6 Å². The molecule has 0 unspecified atom stereocenters. The number of thiocarbonyl (C=S) groups is 1. The number of hydrogen-bond acceptors (Lipinski definition) is 4. The van der Waals surface area contributed by atoms with Gasteiger partial charge in [-0.1, -0.05) is 29.8 Å². The molecular weight excluding hydrogens is 428 g/mol. The number of nitrogens with one attached hydrogen (secondary N) is 1. The van der Waals surface area contributed by atoms with Crippen molar-refractivity contribution in [1.82, 2.24) is 20.1 Å². The van der Waals surface area contributed by atoms with Crippen LogP contribution in [0.25, 0.3) is 11.3 Å². The van der Waals surface area contributed by atoms with E-state index >= 15 is 0 Å². The van der Waals surface area contributed by atoms with Crippen LogP contribution < -0.4 is 5.32 Å². The van der Waals surface area contributed by atoms with E-state index in [2.05, 4.69) is 34.2 Å². The Labute approximate surface area is 194 Å². The molecule has 0 aliphatic carbocycles. The first-order chi connectivity index (χ1) is 15.0. The number of furan rings is 1. The van der Waals surface area contributed by atoms with Gasteiger partial charge in [-0.3, -0.25) is 4.98 Å². The maximum Gasteiger partial charge on any atom is 0.170 e. The Kier molecular flexibility index (Phi) is 6.60. The van der Waals surface area contributed by atoms with Crippen molar-refractivity contribution in [3.05, 3.63) is 76.8 Å². The molecule has 2 atom stereocenters. The highest BCUT2D eigenvalue weighted by molar-refractivity contribution is 7.80. The first-order valence-electron chi connectivity index (χ1n) is 10.4. The molecule has 0 radical (unpaired) electrons. The molecule has 162 valence electrons. The van der Waals surface area contributed by atoms with E-state index < -0.39 is 0 Å². The zero-order chi connectivity index (χ0) is 22.0. The molecule has 3 aromatic rings. The van der Waals surface area contributed by atoms with Crippen LogP contribution in [0.4, 0.5) is 0 Å². The van der Waals surface area contributed by atoms with Gasteiger partial charge in [0.25, 0.3) is 0 Å². The molecule has 4 rings (SSSR count). The molecule has 1 aliphatic heterocycles. The van der Waals surface area contributed by atoms with Crippen LogP contribution in [0.5, 0.6) is 0 Å². The van der Waals surface area contributed by atoms with Crippen molar-refractivity contribution in [1.29, 1.82) is 0 Å². The minimum atomic E-state index is -0.0764. The van der Waals surface area contributed by atoms with Crippen LogP contribution >= 0.6 is 23.8 Å². The lowest BCUT2D eigenvalue weighted by atomic mass is 10.0. The Bertz CT molecular complexity index is 1050. The molecule has 1 aromatic carbocycles. The molecule has 1 aliphatic rings. The molecule has 7 heteroatoms. The lowest BCUT2D eigenvalue weighted by Crippen LogP contribution is -2.32. The molecule has 1 saturated heterocycles. The number of rotatable bonds is 7. The summed E-state index contributed by atoms with van der Waals surface area (Å²) in [6.07, 6.45) is 2.82. The van der Waals surface area contributed by atoms with Crippen molar-refractivity contribution in [3.8, 4) is 11.3 Å². The minimum Gasteiger partial charge on any atom is -0.459 e. The zero-order valence-electron chi connectivity index (χ0n) is 18.0. The van der Waals surface area contributed by atoms with Crippen molar-refractivity contribution in [2.45, 2.75) is 25.4 Å². The lowest BCUT2D eigenvalue weighted by Gasteiger charge is -2.26. The third-order valence-corrected chi connectivity index (χ3v) is 6.42. The molecule has 0 saturated carbocycles. The highest BCUT2D eigenvalue weighted by atomic mass is 35.5. The highest BCUT2D eigenvalue weighted by Gasteiger charge is 2.41. The summed E-state index contributed by atoms with van der Waals surface area (Å²) in [4.78, 5) is 9.00. The van der Waals surface area contributed by atoms with Gasteiger partial charge in [-0.15, -0.1) is 0 Å². The number of pyridine rings is 1. The van der Waals surface area contributed by atoms with Gasteiger partial charge in [-0.2, -0.15) is 0 Å². The third-order valence-electron chi connectivity index (χ3n) is 5.65. The summed E-state index contributed by atoms with van der Waals surface area (Å²) < 4.78 is 6.41. The van der Waals surface area contributed by atoms with E-state index in [1.807, 2.05) is 61.7 Å². The van der Waals surface area contributed by atoms with Gasteiger partial charge in [0.05, 0.1) is 11.7 Å². The number of aromatic nitrogens is 1. The highest BCUT2D eigenvalue weighted by Crippen LogP contribution is 2.41. The van der Waals surface area contributed by atoms with Gasteiger partial charge < -0.3 is 19.5 Å². The fourth-order valence-electron chi connectivity index (χ4n) is 4.04. The predicted octanol–water partition coefficient (Wildman–Crippen LogP) is 5.23. The van der Waals surface area contributed by atoms with Gasteiger partial charge in [0.15, 0.2) is 5.11 Å². The largest absolute Gasteiger partial charge is 0.459 e. The molecule has 5 nitrogen and oxygen atoms in total. The van der Waals surface area contributed by atoms with Crippen molar-refractivity contribution in [2.75, 3.05) is 27.2 Å². The van der Waals surface area contributed by atoms with Crippen LogP contribution in [0.2, 0.25) is 5.02 Å². The predicted molar refractivity (Wildman–Crippen MR) is 129 cm³/mol. The van der Waals surface area contributed by atoms with Gasteiger partial charge in [-0.25, -0.2) is 0 Å². The summed E-state index contributed by atoms with van der Waals surface area (Å²) in [5.41, 5.74) is 2.96. The number of hydrogen-bond donors (Lipinski definition) is 1. The molecule has 0 spiro atoms. The van der Waals surface area contributed by atoms with E-state index in [4.69, 9.17) is 28.2 Å². The molecular formula is C24H27ClN4OS. The molecule has 0 bridgehead atoms. The first kappa shape index (κ1) is 21.8. The maximum absolute atomic E-state index is 6.41. The van der Waals surface area contributed by atoms with Crippen LogP contribution in [0.3, 0.4) is 0 Å². The quantitative estimate of drug-likeness (QED) is 0.493. The molecule has 1 fully saturated rings. The second kappa shape index (κ2) is 9.39. The number of halogens is 1. The average molecular weight is 455 g/mol. The Hall–Kier alpha value is -2.41. The van der Waals surface area contributed by atoms with Crippen LogP contribution in [0, 0.1) is 6.92 Å². The van der Waals surface area contributed by atoms with Crippen LogP contribution in [0.15, 0.2) is 59.1 Å². The molecule has 3 heterocycles. The summed E-state index contributed by atoms with van der Waals surface area (Å²) >= 11 is 12.1. The Morgan fingerprint density at radius 3 is 2.74 bits per heavy atom. The van der Waals surface area contributed by atoms with Gasteiger partial charge in [0.2, 0.25) is 0 Å².